The van der Waals surface area contributed by atoms with Gasteiger partial charge in [-0.1, -0.05) is 23.4 Å². The summed E-state index contributed by atoms with van der Waals surface area (Å²) < 4.78 is 21.9. The van der Waals surface area contributed by atoms with Crippen LogP contribution in [-0.4, -0.2) is 83.9 Å². The van der Waals surface area contributed by atoms with E-state index in [9.17, 15) is 0 Å². The summed E-state index contributed by atoms with van der Waals surface area (Å²) in [6.07, 6.45) is 1.05. The summed E-state index contributed by atoms with van der Waals surface area (Å²) in [6, 6.07) is 10.1. The van der Waals surface area contributed by atoms with Crippen LogP contribution in [0, 0.1) is 0 Å². The van der Waals surface area contributed by atoms with E-state index >= 15 is 0 Å². The van der Waals surface area contributed by atoms with Gasteiger partial charge in [-0.05, 0) is 38.2 Å². The Balaban J connectivity index is 1.60. The molecule has 4 rings (SSSR count). The first kappa shape index (κ1) is 24.4. The second-order valence-electron chi connectivity index (χ2n) is 8.23. The van der Waals surface area contributed by atoms with Crippen LogP contribution in [0.5, 0.6) is 11.5 Å². The average Bonchev–Trinajstić information content (AvgIpc) is 2.82. The molecule has 0 N–H and O–H groups in total. The number of fused-ring (bicyclic) bond motifs is 2. The SMILES string of the molecule is COCOc1cc2c(cc1OCOC)N(CCCN1CCN(C)CC1)c1cc(Cl)ccc1S2. The number of hydrogen-bond acceptors (Lipinski definition) is 8. The fraction of sp³-hybridized carbons (Fsp3) is 0.500. The van der Waals surface area contributed by atoms with Crippen molar-refractivity contribution in [3.05, 3.63) is 35.4 Å². The van der Waals surface area contributed by atoms with Gasteiger partial charge in [0.25, 0.3) is 0 Å². The van der Waals surface area contributed by atoms with E-state index in [-0.39, 0.29) is 13.6 Å². The first-order valence-corrected chi connectivity index (χ1v) is 12.4. The number of methoxy groups -OCH3 is 2. The predicted molar refractivity (Wildman–Crippen MR) is 133 cm³/mol. The molecule has 0 saturated carbocycles. The summed E-state index contributed by atoms with van der Waals surface area (Å²) in [5.74, 6) is 1.26. The number of halogens is 1. The highest BCUT2D eigenvalue weighted by molar-refractivity contribution is 7.99. The van der Waals surface area contributed by atoms with E-state index in [0.29, 0.717) is 11.5 Å². The molecule has 180 valence electrons. The van der Waals surface area contributed by atoms with Crippen LogP contribution in [0.3, 0.4) is 0 Å². The van der Waals surface area contributed by atoms with Crippen molar-refractivity contribution < 1.29 is 18.9 Å². The summed E-state index contributed by atoms with van der Waals surface area (Å²) in [5.41, 5.74) is 2.21. The molecule has 1 saturated heterocycles. The molecule has 33 heavy (non-hydrogen) atoms. The van der Waals surface area contributed by atoms with Crippen molar-refractivity contribution in [1.29, 1.82) is 0 Å². The summed E-state index contributed by atoms with van der Waals surface area (Å²) in [7, 11) is 5.39. The minimum Gasteiger partial charge on any atom is -0.464 e. The van der Waals surface area contributed by atoms with Gasteiger partial charge in [-0.2, -0.15) is 0 Å². The van der Waals surface area contributed by atoms with E-state index in [0.717, 1.165) is 67.0 Å². The van der Waals surface area contributed by atoms with Crippen LogP contribution in [0.25, 0.3) is 0 Å². The van der Waals surface area contributed by atoms with Gasteiger partial charge in [0.05, 0.1) is 11.4 Å². The van der Waals surface area contributed by atoms with E-state index in [1.54, 1.807) is 26.0 Å². The largest absolute Gasteiger partial charge is 0.464 e. The molecule has 2 aromatic carbocycles. The second kappa shape index (κ2) is 11.6. The number of rotatable bonds is 10. The van der Waals surface area contributed by atoms with Gasteiger partial charge < -0.3 is 33.6 Å². The Morgan fingerprint density at radius 3 is 2.21 bits per heavy atom. The number of piperazine rings is 1. The summed E-state index contributed by atoms with van der Waals surface area (Å²) in [5, 5.41) is 0.734. The van der Waals surface area contributed by atoms with Gasteiger partial charge in [0.1, 0.15) is 0 Å². The number of nitrogens with zero attached hydrogens (tertiary/aromatic N) is 3. The summed E-state index contributed by atoms with van der Waals surface area (Å²) in [6.45, 7) is 6.76. The zero-order valence-electron chi connectivity index (χ0n) is 19.5. The molecule has 0 unspecified atom stereocenters. The summed E-state index contributed by atoms with van der Waals surface area (Å²) in [4.78, 5) is 9.57. The molecule has 0 amide bonds. The number of likely N-dealkylation sites (N-methyl/N-ethyl adjacent to an activating group) is 1. The molecule has 2 aliphatic heterocycles. The van der Waals surface area contributed by atoms with Crippen molar-refractivity contribution in [3.63, 3.8) is 0 Å². The molecule has 0 radical (unpaired) electrons. The monoisotopic (exact) mass is 493 g/mol. The Kier molecular flexibility index (Phi) is 8.62. The first-order valence-electron chi connectivity index (χ1n) is 11.2. The number of hydrogen-bond donors (Lipinski definition) is 0. The highest BCUT2D eigenvalue weighted by atomic mass is 35.5. The molecule has 0 bridgehead atoms. The third-order valence-corrected chi connectivity index (χ3v) is 7.21. The molecule has 0 aromatic heterocycles. The van der Waals surface area contributed by atoms with E-state index in [2.05, 4.69) is 27.8 Å². The third kappa shape index (κ3) is 6.07. The second-order valence-corrected chi connectivity index (χ2v) is 9.75. The molecule has 0 spiro atoms. The van der Waals surface area contributed by atoms with Crippen molar-refractivity contribution in [3.8, 4) is 11.5 Å². The van der Waals surface area contributed by atoms with Crippen LogP contribution in [0.1, 0.15) is 6.42 Å². The van der Waals surface area contributed by atoms with E-state index < -0.39 is 0 Å². The zero-order valence-corrected chi connectivity index (χ0v) is 21.1. The van der Waals surface area contributed by atoms with Gasteiger partial charge in [-0.15, -0.1) is 0 Å². The molecular formula is C24H32ClN3O4S. The van der Waals surface area contributed by atoms with Crippen LogP contribution in [0.2, 0.25) is 5.02 Å². The summed E-state index contributed by atoms with van der Waals surface area (Å²) >= 11 is 8.11. The molecule has 7 nitrogen and oxygen atoms in total. The highest BCUT2D eigenvalue weighted by Gasteiger charge is 2.26. The van der Waals surface area contributed by atoms with E-state index in [4.69, 9.17) is 30.5 Å². The van der Waals surface area contributed by atoms with Crippen LogP contribution >= 0.6 is 23.4 Å². The molecular weight excluding hydrogens is 462 g/mol. The van der Waals surface area contributed by atoms with Gasteiger partial charge in [-0.25, -0.2) is 0 Å². The van der Waals surface area contributed by atoms with E-state index in [1.165, 1.54) is 4.90 Å². The lowest BCUT2D eigenvalue weighted by Gasteiger charge is -2.35. The van der Waals surface area contributed by atoms with E-state index in [1.807, 2.05) is 24.3 Å². The molecule has 2 aliphatic rings. The smallest absolute Gasteiger partial charge is 0.188 e. The normalized spacial score (nSPS) is 16.4. The van der Waals surface area contributed by atoms with Gasteiger partial charge in [-0.3, -0.25) is 0 Å². The van der Waals surface area contributed by atoms with Crippen molar-refractivity contribution in [1.82, 2.24) is 9.80 Å². The standard InChI is InChI=1S/C24H32ClN3O4S/c1-26-9-11-27(12-10-26)7-4-8-28-19-13-18(25)5-6-23(19)33-24-15-22(32-17-30-3)21(14-20(24)28)31-16-29-2/h5-6,13-15H,4,7-12,16-17H2,1-3H3. The molecule has 2 aromatic rings. The van der Waals surface area contributed by atoms with Crippen molar-refractivity contribution in [2.45, 2.75) is 16.2 Å². The zero-order chi connectivity index (χ0) is 23.2. The van der Waals surface area contributed by atoms with Crippen LogP contribution < -0.4 is 14.4 Å². The fourth-order valence-corrected chi connectivity index (χ4v) is 5.35. The Bertz CT molecular complexity index is 940. The quantitative estimate of drug-likeness (QED) is 0.447. The lowest BCUT2D eigenvalue weighted by atomic mass is 10.2. The minimum absolute atomic E-state index is 0.140. The predicted octanol–water partition coefficient (Wildman–Crippen LogP) is 4.55. The Morgan fingerprint density at radius 1 is 0.848 bits per heavy atom. The fourth-order valence-electron chi connectivity index (χ4n) is 4.09. The van der Waals surface area contributed by atoms with Crippen LogP contribution in [0.4, 0.5) is 11.4 Å². The lowest BCUT2D eigenvalue weighted by molar-refractivity contribution is 0.0321. The van der Waals surface area contributed by atoms with Gasteiger partial charge in [0.15, 0.2) is 25.1 Å². The van der Waals surface area contributed by atoms with Gasteiger partial charge in [0, 0.05) is 73.9 Å². The first-order chi connectivity index (χ1) is 16.1. The van der Waals surface area contributed by atoms with Gasteiger partial charge >= 0.3 is 0 Å². The number of ether oxygens (including phenoxy) is 4. The topological polar surface area (TPSA) is 46.6 Å². The van der Waals surface area contributed by atoms with Crippen molar-refractivity contribution in [2.24, 2.45) is 0 Å². The Hall–Kier alpha value is -1.68. The number of benzene rings is 2. The molecule has 0 atom stereocenters. The average molecular weight is 494 g/mol. The maximum atomic E-state index is 6.40. The molecule has 0 aliphatic carbocycles. The van der Waals surface area contributed by atoms with Crippen LogP contribution in [0.15, 0.2) is 40.1 Å². The highest BCUT2D eigenvalue weighted by Crippen LogP contribution is 2.52. The molecule has 1 fully saturated rings. The van der Waals surface area contributed by atoms with Crippen molar-refractivity contribution in [2.75, 3.05) is 79.0 Å². The van der Waals surface area contributed by atoms with Crippen LogP contribution in [-0.2, 0) is 9.47 Å². The molecule has 9 heteroatoms. The number of anilines is 2. The van der Waals surface area contributed by atoms with Crippen molar-refractivity contribution >= 4 is 34.7 Å². The minimum atomic E-state index is 0.140. The maximum absolute atomic E-state index is 6.40. The maximum Gasteiger partial charge on any atom is 0.188 e. The third-order valence-electron chi connectivity index (χ3n) is 5.86. The Morgan fingerprint density at radius 2 is 1.52 bits per heavy atom. The Labute approximate surface area is 205 Å². The lowest BCUT2D eigenvalue weighted by Crippen LogP contribution is -2.45. The molecule has 2 heterocycles. The van der Waals surface area contributed by atoms with Gasteiger partial charge in [0.2, 0.25) is 0 Å².